The highest BCUT2D eigenvalue weighted by atomic mass is 13.9. The van der Waals surface area contributed by atoms with E-state index in [9.17, 15) is 0 Å². The summed E-state index contributed by atoms with van der Waals surface area (Å²) in [6.45, 7) is 5.99. The second-order valence-electron chi connectivity index (χ2n) is 2.43. The van der Waals surface area contributed by atoms with Crippen LogP contribution in [0.2, 0.25) is 0 Å². The van der Waals surface area contributed by atoms with E-state index in [1.165, 1.54) is 32.1 Å². The lowest BCUT2D eigenvalue weighted by Crippen LogP contribution is -1.77. The van der Waals surface area contributed by atoms with Gasteiger partial charge in [-0.05, 0) is 6.42 Å². The fourth-order valence-corrected chi connectivity index (χ4v) is 0.860. The van der Waals surface area contributed by atoms with Crippen LogP contribution in [0.3, 0.4) is 0 Å². The Hall–Kier alpha value is 0. The first-order chi connectivity index (χ1) is 4.41. The van der Waals surface area contributed by atoms with Crippen molar-refractivity contribution in [1.29, 1.82) is 0 Å². The predicted molar refractivity (Wildman–Crippen MR) is 43.0 cm³/mol. The average molecular weight is 126 g/mol. The first-order valence-electron chi connectivity index (χ1n) is 4.02. The van der Waals surface area contributed by atoms with Crippen LogP contribution in [0.4, 0.5) is 0 Å². The Labute approximate surface area is 59.7 Å². The van der Waals surface area contributed by atoms with Crippen molar-refractivity contribution in [3.63, 3.8) is 0 Å². The standard InChI is InChI=1S/C9H18/c1-3-5-7-9-8-6-4-2/h5H,1,3-4,6-9H2,2H3. The van der Waals surface area contributed by atoms with Crippen molar-refractivity contribution >= 4 is 0 Å². The summed E-state index contributed by atoms with van der Waals surface area (Å²) in [7, 11) is 0. The Bertz CT molecular complexity index is 33.3. The van der Waals surface area contributed by atoms with Crippen molar-refractivity contribution in [3.05, 3.63) is 13.3 Å². The molecule has 0 aromatic carbocycles. The third kappa shape index (κ3) is 8.00. The van der Waals surface area contributed by atoms with E-state index in [1.54, 1.807) is 0 Å². The third-order valence-electron chi connectivity index (χ3n) is 1.47. The van der Waals surface area contributed by atoms with Gasteiger partial charge in [0.1, 0.15) is 0 Å². The van der Waals surface area contributed by atoms with E-state index in [-0.39, 0.29) is 0 Å². The summed E-state index contributed by atoms with van der Waals surface area (Å²) in [5.41, 5.74) is 0. The summed E-state index contributed by atoms with van der Waals surface area (Å²) in [5, 5.41) is 0. The van der Waals surface area contributed by atoms with Gasteiger partial charge in [-0.15, -0.1) is 0 Å². The maximum Gasteiger partial charge on any atom is -0.0386 e. The van der Waals surface area contributed by atoms with Crippen molar-refractivity contribution in [3.8, 4) is 0 Å². The van der Waals surface area contributed by atoms with Crippen LogP contribution in [0.25, 0.3) is 0 Å². The van der Waals surface area contributed by atoms with Crippen LogP contribution in [-0.2, 0) is 0 Å². The molecule has 0 aliphatic heterocycles. The lowest BCUT2D eigenvalue weighted by molar-refractivity contribution is 0.658. The second kappa shape index (κ2) is 8.00. The molecule has 0 aromatic rings. The first-order valence-corrected chi connectivity index (χ1v) is 4.02. The minimum Gasteiger partial charge on any atom is -0.0654 e. The van der Waals surface area contributed by atoms with E-state index in [1.807, 2.05) is 0 Å². The summed E-state index contributed by atoms with van der Waals surface area (Å²) in [6, 6.07) is 0. The maximum absolute atomic E-state index is 3.75. The molecule has 0 saturated heterocycles. The molecule has 0 saturated carbocycles. The molecular weight excluding hydrogens is 108 g/mol. The van der Waals surface area contributed by atoms with Crippen molar-refractivity contribution in [1.82, 2.24) is 0 Å². The highest BCUT2D eigenvalue weighted by Gasteiger charge is 1.86. The van der Waals surface area contributed by atoms with Gasteiger partial charge in [-0.2, -0.15) is 0 Å². The molecule has 9 heavy (non-hydrogen) atoms. The molecule has 0 heteroatoms. The van der Waals surface area contributed by atoms with Crippen LogP contribution >= 0.6 is 0 Å². The monoisotopic (exact) mass is 126 g/mol. The lowest BCUT2D eigenvalue weighted by Gasteiger charge is -1.95. The normalized spacial score (nSPS) is 10.0. The predicted octanol–water partition coefficient (Wildman–Crippen LogP) is 3.39. The number of hydrogen-bond acceptors (Lipinski definition) is 0. The van der Waals surface area contributed by atoms with Gasteiger partial charge in [0.2, 0.25) is 0 Å². The molecule has 0 fully saturated rings. The Balaban J connectivity index is 2.60. The van der Waals surface area contributed by atoms with Crippen LogP contribution in [0.15, 0.2) is 0 Å². The summed E-state index contributed by atoms with van der Waals surface area (Å²) >= 11 is 0. The highest BCUT2D eigenvalue weighted by Crippen LogP contribution is 2.04. The summed E-state index contributed by atoms with van der Waals surface area (Å²) in [4.78, 5) is 0. The molecule has 0 spiro atoms. The van der Waals surface area contributed by atoms with Gasteiger partial charge in [-0.3, -0.25) is 0 Å². The van der Waals surface area contributed by atoms with Gasteiger partial charge in [-0.25, -0.2) is 0 Å². The van der Waals surface area contributed by atoms with E-state index in [0.29, 0.717) is 0 Å². The van der Waals surface area contributed by atoms with Gasteiger partial charge < -0.3 is 0 Å². The van der Waals surface area contributed by atoms with Crippen LogP contribution in [-0.4, -0.2) is 0 Å². The van der Waals surface area contributed by atoms with Gasteiger partial charge >= 0.3 is 0 Å². The van der Waals surface area contributed by atoms with Gasteiger partial charge in [0.05, 0.1) is 0 Å². The van der Waals surface area contributed by atoms with Crippen LogP contribution in [0, 0.1) is 13.3 Å². The van der Waals surface area contributed by atoms with E-state index < -0.39 is 0 Å². The molecule has 0 amide bonds. The molecule has 0 aliphatic carbocycles. The summed E-state index contributed by atoms with van der Waals surface area (Å²) < 4.78 is 0. The van der Waals surface area contributed by atoms with Gasteiger partial charge in [0.15, 0.2) is 0 Å². The molecule has 0 unspecified atom stereocenters. The molecule has 0 aliphatic rings. The molecule has 0 heterocycles. The minimum absolute atomic E-state index is 0.992. The molecule has 0 aromatic heterocycles. The molecular formula is C9H18. The Morgan fingerprint density at radius 3 is 2.56 bits per heavy atom. The average Bonchev–Trinajstić information content (AvgIpc) is 1.89. The lowest BCUT2D eigenvalue weighted by atomic mass is 10.1. The number of rotatable bonds is 6. The third-order valence-corrected chi connectivity index (χ3v) is 1.47. The topological polar surface area (TPSA) is 0 Å². The molecule has 54 valence electrons. The van der Waals surface area contributed by atoms with Crippen LogP contribution < -0.4 is 0 Å². The van der Waals surface area contributed by atoms with Crippen molar-refractivity contribution in [2.45, 2.75) is 45.4 Å². The van der Waals surface area contributed by atoms with Crippen molar-refractivity contribution in [2.24, 2.45) is 0 Å². The fourth-order valence-electron chi connectivity index (χ4n) is 0.860. The zero-order valence-corrected chi connectivity index (χ0v) is 6.53. The second-order valence-corrected chi connectivity index (χ2v) is 2.43. The quantitative estimate of drug-likeness (QED) is 0.478. The minimum atomic E-state index is 0.992. The zero-order valence-electron chi connectivity index (χ0n) is 6.53. The van der Waals surface area contributed by atoms with Crippen molar-refractivity contribution < 1.29 is 0 Å². The van der Waals surface area contributed by atoms with Gasteiger partial charge in [0, 0.05) is 0 Å². The van der Waals surface area contributed by atoms with Crippen LogP contribution in [0.1, 0.15) is 45.4 Å². The van der Waals surface area contributed by atoms with Gasteiger partial charge in [0.25, 0.3) is 0 Å². The maximum atomic E-state index is 3.75. The Morgan fingerprint density at radius 1 is 1.22 bits per heavy atom. The highest BCUT2D eigenvalue weighted by molar-refractivity contribution is 4.64. The van der Waals surface area contributed by atoms with E-state index in [2.05, 4.69) is 20.3 Å². The number of hydrogen-bond donors (Lipinski definition) is 0. The van der Waals surface area contributed by atoms with E-state index in [0.717, 1.165) is 6.42 Å². The first kappa shape index (κ1) is 9.00. The largest absolute Gasteiger partial charge is 0.0654 e. The molecule has 0 bridgehead atoms. The van der Waals surface area contributed by atoms with E-state index >= 15 is 0 Å². The van der Waals surface area contributed by atoms with Gasteiger partial charge in [-0.1, -0.05) is 52.4 Å². The molecule has 2 radical (unpaired) electrons. The van der Waals surface area contributed by atoms with E-state index in [4.69, 9.17) is 0 Å². The number of unbranched alkanes of at least 4 members (excludes halogenated alkanes) is 6. The summed E-state index contributed by atoms with van der Waals surface area (Å²) in [6.07, 6.45) is 10.0. The Kier molecular flexibility index (Phi) is 8.00. The molecule has 0 nitrogen and oxygen atoms in total. The zero-order chi connectivity index (χ0) is 6.95. The summed E-state index contributed by atoms with van der Waals surface area (Å²) in [5.74, 6) is 0. The molecule has 0 N–H and O–H groups in total. The Morgan fingerprint density at radius 2 is 2.00 bits per heavy atom. The fraction of sp³-hybridized carbons (Fsp3) is 0.778. The SMILES string of the molecule is [CH2]C[CH]CCCCCC. The van der Waals surface area contributed by atoms with Crippen molar-refractivity contribution in [2.75, 3.05) is 0 Å². The smallest absolute Gasteiger partial charge is 0.0386 e. The molecule has 0 atom stereocenters. The molecule has 0 rings (SSSR count). The van der Waals surface area contributed by atoms with Crippen LogP contribution in [0.5, 0.6) is 0 Å².